The number of Topliss-reactive ketones (excluding diaryl/α,β-unsaturated/α-hetero) is 2. The smallest absolute Gasteiger partial charge is 0.307 e. The number of phenolic OH excluding ortho intramolecular Hbond substituents is 1. The molecule has 0 heterocycles. The number of hydrogen-bond donors (Lipinski definition) is 3. The third-order valence-electron chi connectivity index (χ3n) is 6.87. The van der Waals surface area contributed by atoms with Crippen molar-refractivity contribution in [2.24, 2.45) is 17.6 Å². The van der Waals surface area contributed by atoms with E-state index in [0.717, 1.165) is 13.8 Å². The van der Waals surface area contributed by atoms with Gasteiger partial charge >= 0.3 is 11.9 Å². The number of carbonyl (C=O) groups excluding carboxylic acids is 5. The van der Waals surface area contributed by atoms with E-state index in [2.05, 4.69) is 0 Å². The second-order valence-electron chi connectivity index (χ2n) is 9.41. The maximum Gasteiger partial charge on any atom is 0.307 e. The molecule has 4 rings (SSSR count). The standard InChI is InChI=1S/C25H26N2O9/c1-10(28)35-17-9-13-7-12-8-14-15(27(3)4)5-6-16(30)19(14)21(31)18(12)23(36-11(2)29)25(13,34)22(32)20(17)24(26)33/h5-6,12-13,30,34H,7-9H2,1-4H3,(H2,26,33). The molecule has 1 amide bonds. The van der Waals surface area contributed by atoms with Crippen molar-refractivity contribution in [3.8, 4) is 5.75 Å². The minimum absolute atomic E-state index is 0.0197. The number of carbonyl (C=O) groups is 5. The first-order chi connectivity index (χ1) is 16.8. The maximum atomic E-state index is 13.8. The second kappa shape index (κ2) is 8.59. The number of nitrogens with two attached hydrogens (primary N) is 1. The molecule has 11 nitrogen and oxygen atoms in total. The van der Waals surface area contributed by atoms with Crippen molar-refractivity contribution in [3.63, 3.8) is 0 Å². The molecule has 11 heteroatoms. The summed E-state index contributed by atoms with van der Waals surface area (Å²) < 4.78 is 10.4. The molecule has 3 atom stereocenters. The fraction of sp³-hybridized carbons (Fsp3) is 0.400. The van der Waals surface area contributed by atoms with E-state index in [0.29, 0.717) is 11.3 Å². The van der Waals surface area contributed by atoms with Crippen molar-refractivity contribution in [1.82, 2.24) is 0 Å². The van der Waals surface area contributed by atoms with Gasteiger partial charge in [-0.05, 0) is 36.5 Å². The second-order valence-corrected chi connectivity index (χ2v) is 9.41. The summed E-state index contributed by atoms with van der Waals surface area (Å²) in [6.07, 6.45) is 0.0578. The summed E-state index contributed by atoms with van der Waals surface area (Å²) >= 11 is 0. The molecule has 190 valence electrons. The average molecular weight is 498 g/mol. The fourth-order valence-electron chi connectivity index (χ4n) is 5.52. The number of ether oxygens (including phenoxy) is 2. The van der Waals surface area contributed by atoms with Crippen LogP contribution in [-0.2, 0) is 35.1 Å². The number of nitrogens with zero attached hydrogens (tertiary/aromatic N) is 1. The van der Waals surface area contributed by atoms with Gasteiger partial charge in [0.2, 0.25) is 5.78 Å². The molecule has 3 aliphatic carbocycles. The number of aromatic hydroxyl groups is 1. The van der Waals surface area contributed by atoms with E-state index >= 15 is 0 Å². The van der Waals surface area contributed by atoms with E-state index in [-0.39, 0.29) is 41.9 Å². The van der Waals surface area contributed by atoms with Crippen LogP contribution in [0.25, 0.3) is 0 Å². The van der Waals surface area contributed by atoms with Gasteiger partial charge in [-0.2, -0.15) is 0 Å². The number of phenols is 1. The van der Waals surface area contributed by atoms with Crippen LogP contribution in [0, 0.1) is 11.8 Å². The summed E-state index contributed by atoms with van der Waals surface area (Å²) in [6.45, 7) is 2.13. The number of fused-ring (bicyclic) bond motifs is 3. The molecule has 36 heavy (non-hydrogen) atoms. The average Bonchev–Trinajstić information content (AvgIpc) is 2.74. The van der Waals surface area contributed by atoms with Crippen LogP contribution in [0.3, 0.4) is 0 Å². The molecule has 0 spiro atoms. The number of anilines is 1. The summed E-state index contributed by atoms with van der Waals surface area (Å²) in [5.74, 6) is -7.64. The molecule has 4 N–H and O–H groups in total. The zero-order valence-electron chi connectivity index (χ0n) is 20.2. The summed E-state index contributed by atoms with van der Waals surface area (Å²) in [6, 6.07) is 3.04. The van der Waals surface area contributed by atoms with E-state index in [1.807, 2.05) is 0 Å². The third-order valence-corrected chi connectivity index (χ3v) is 6.87. The van der Waals surface area contributed by atoms with Crippen LogP contribution < -0.4 is 10.6 Å². The number of esters is 2. The van der Waals surface area contributed by atoms with Crippen molar-refractivity contribution in [3.05, 3.63) is 45.9 Å². The highest BCUT2D eigenvalue weighted by atomic mass is 16.6. The van der Waals surface area contributed by atoms with Gasteiger partial charge in [-0.3, -0.25) is 24.0 Å². The molecular weight excluding hydrogens is 472 g/mol. The molecule has 1 aromatic carbocycles. The van der Waals surface area contributed by atoms with Crippen molar-refractivity contribution >= 4 is 35.1 Å². The number of primary amides is 1. The predicted octanol–water partition coefficient (Wildman–Crippen LogP) is 0.657. The molecule has 0 aliphatic heterocycles. The van der Waals surface area contributed by atoms with Crippen LogP contribution in [0.4, 0.5) is 5.69 Å². The Labute approximate surface area is 206 Å². The van der Waals surface area contributed by atoms with Crippen molar-refractivity contribution in [2.45, 2.75) is 38.7 Å². The Morgan fingerprint density at radius 1 is 1.08 bits per heavy atom. The minimum atomic E-state index is -2.59. The van der Waals surface area contributed by atoms with Gasteiger partial charge < -0.3 is 30.3 Å². The maximum absolute atomic E-state index is 13.8. The number of hydrogen-bond acceptors (Lipinski definition) is 10. The van der Waals surface area contributed by atoms with Crippen LogP contribution in [0.1, 0.15) is 42.6 Å². The normalized spacial score (nSPS) is 25.0. The van der Waals surface area contributed by atoms with Gasteiger partial charge in [0.15, 0.2) is 17.1 Å². The summed E-state index contributed by atoms with van der Waals surface area (Å²) in [7, 11) is 3.57. The Kier molecular flexibility index (Phi) is 5.99. The molecule has 3 unspecified atom stereocenters. The van der Waals surface area contributed by atoms with Gasteiger partial charge in [-0.25, -0.2) is 0 Å². The Morgan fingerprint density at radius 2 is 1.72 bits per heavy atom. The summed E-state index contributed by atoms with van der Waals surface area (Å²) in [5.41, 5.74) is 3.18. The van der Waals surface area contributed by atoms with Gasteiger partial charge in [-0.1, -0.05) is 0 Å². The van der Waals surface area contributed by atoms with Gasteiger partial charge in [0.25, 0.3) is 5.91 Å². The zero-order valence-corrected chi connectivity index (χ0v) is 20.2. The first-order valence-corrected chi connectivity index (χ1v) is 11.3. The molecule has 3 aliphatic rings. The van der Waals surface area contributed by atoms with E-state index in [9.17, 15) is 34.2 Å². The number of allylic oxidation sites excluding steroid dienone is 2. The minimum Gasteiger partial charge on any atom is -0.507 e. The number of ketones is 2. The molecule has 1 aromatic rings. The predicted molar refractivity (Wildman–Crippen MR) is 123 cm³/mol. The molecule has 0 radical (unpaired) electrons. The van der Waals surface area contributed by atoms with Crippen LogP contribution >= 0.6 is 0 Å². The SMILES string of the molecule is CC(=O)OC1=C(C(N)=O)C(=O)C2(O)C(OC(C)=O)=C3C(=O)c4c(O)ccc(N(C)C)c4CC3CC2C1. The number of benzene rings is 1. The Balaban J connectivity index is 1.99. The first-order valence-electron chi connectivity index (χ1n) is 11.3. The van der Waals surface area contributed by atoms with Crippen molar-refractivity contribution in [2.75, 3.05) is 19.0 Å². The lowest BCUT2D eigenvalue weighted by Gasteiger charge is -2.47. The fourth-order valence-corrected chi connectivity index (χ4v) is 5.52. The van der Waals surface area contributed by atoms with Gasteiger partial charge in [0.05, 0.1) is 5.56 Å². The Morgan fingerprint density at radius 3 is 2.28 bits per heavy atom. The molecule has 0 saturated carbocycles. The quantitative estimate of drug-likeness (QED) is 0.395. The Hall–Kier alpha value is -3.99. The van der Waals surface area contributed by atoms with E-state index < -0.39 is 58.2 Å². The lowest BCUT2D eigenvalue weighted by atomic mass is 9.60. The number of rotatable bonds is 4. The van der Waals surface area contributed by atoms with Crippen LogP contribution in [-0.4, -0.2) is 59.3 Å². The monoisotopic (exact) mass is 498 g/mol. The van der Waals surface area contributed by atoms with Gasteiger partial charge in [0.1, 0.15) is 17.1 Å². The molecule has 0 aromatic heterocycles. The summed E-state index contributed by atoms with van der Waals surface area (Å²) in [5, 5.41) is 22.3. The van der Waals surface area contributed by atoms with E-state index in [1.54, 1.807) is 25.1 Å². The first kappa shape index (κ1) is 25.1. The lowest BCUT2D eigenvalue weighted by molar-refractivity contribution is -0.154. The molecule has 0 saturated heterocycles. The Bertz CT molecular complexity index is 1310. The van der Waals surface area contributed by atoms with Gasteiger partial charge in [0, 0.05) is 51.5 Å². The van der Waals surface area contributed by atoms with Gasteiger partial charge in [-0.15, -0.1) is 0 Å². The molecule has 0 bridgehead atoms. The number of aliphatic hydroxyl groups is 1. The lowest BCUT2D eigenvalue weighted by Crippen LogP contribution is -2.58. The highest BCUT2D eigenvalue weighted by Crippen LogP contribution is 2.53. The van der Waals surface area contributed by atoms with Crippen molar-refractivity contribution < 1.29 is 43.7 Å². The van der Waals surface area contributed by atoms with Crippen LogP contribution in [0.2, 0.25) is 0 Å². The summed E-state index contributed by atoms with van der Waals surface area (Å²) in [4.78, 5) is 65.0. The highest BCUT2D eigenvalue weighted by molar-refractivity contribution is 6.25. The third kappa shape index (κ3) is 3.67. The largest absolute Gasteiger partial charge is 0.507 e. The van der Waals surface area contributed by atoms with E-state index in [1.165, 1.54) is 6.07 Å². The molecule has 0 fully saturated rings. The highest BCUT2D eigenvalue weighted by Gasteiger charge is 2.61. The van der Waals surface area contributed by atoms with Crippen LogP contribution in [0.5, 0.6) is 5.75 Å². The van der Waals surface area contributed by atoms with E-state index in [4.69, 9.17) is 15.2 Å². The number of amides is 1. The topological polar surface area (TPSA) is 174 Å². The van der Waals surface area contributed by atoms with Crippen LogP contribution in [0.15, 0.2) is 34.8 Å². The zero-order chi connectivity index (χ0) is 26.7. The molecular formula is C25H26N2O9. The van der Waals surface area contributed by atoms with Crippen molar-refractivity contribution in [1.29, 1.82) is 0 Å².